The van der Waals surface area contributed by atoms with E-state index in [-0.39, 0.29) is 10.7 Å². The lowest BCUT2D eigenvalue weighted by Gasteiger charge is -2.43. The highest BCUT2D eigenvalue weighted by atomic mass is 14.5. The molecular weight excluding hydrogens is 167 g/mol. The average Bonchev–Trinajstić information content (AvgIpc) is 2.28. The first kappa shape index (κ1) is 12.1. The minimum Gasteiger partial charge on any atom is -0.0627 e. The number of rotatable bonds is 1. The van der Waals surface area contributed by atoms with Gasteiger partial charge < -0.3 is 0 Å². The zero-order valence-corrected chi connectivity index (χ0v) is 10.7. The molecule has 0 aliphatic heterocycles. The monoisotopic (exact) mass is 192 g/mol. The van der Waals surface area contributed by atoms with Gasteiger partial charge in [-0.3, -0.25) is 0 Å². The Morgan fingerprint density at radius 3 is 2.00 bits per heavy atom. The van der Waals surface area contributed by atoms with Crippen LogP contribution in [0.3, 0.4) is 0 Å². The van der Waals surface area contributed by atoms with Crippen LogP contribution in [-0.2, 0) is 0 Å². The van der Waals surface area contributed by atoms with Crippen molar-refractivity contribution in [1.29, 1.82) is 0 Å². The second-order valence-electron chi connectivity index (χ2n) is 6.64. The Bertz CT molecular complexity index is 202. The SMILES string of the molecule is [B]C1(C(C)(C)C)CC(C(C)C)CC1C. The summed E-state index contributed by atoms with van der Waals surface area (Å²) in [4.78, 5) is 0. The summed E-state index contributed by atoms with van der Waals surface area (Å²) in [5.41, 5.74) is 0.232. The summed E-state index contributed by atoms with van der Waals surface area (Å²) in [5.74, 6) is 2.27. The van der Waals surface area contributed by atoms with Crippen molar-refractivity contribution in [3.63, 3.8) is 0 Å². The van der Waals surface area contributed by atoms with Crippen molar-refractivity contribution in [1.82, 2.24) is 0 Å². The van der Waals surface area contributed by atoms with Crippen molar-refractivity contribution in [3.8, 4) is 0 Å². The van der Waals surface area contributed by atoms with E-state index in [0.717, 1.165) is 11.8 Å². The van der Waals surface area contributed by atoms with E-state index in [9.17, 15) is 0 Å². The molecular formula is C13H25B. The molecule has 80 valence electrons. The van der Waals surface area contributed by atoms with Crippen LogP contribution in [0.2, 0.25) is 5.31 Å². The maximum absolute atomic E-state index is 6.61. The molecule has 0 aromatic rings. The number of hydrogen-bond acceptors (Lipinski definition) is 0. The summed E-state index contributed by atoms with van der Waals surface area (Å²) in [6.07, 6.45) is 2.51. The van der Waals surface area contributed by atoms with E-state index in [0.29, 0.717) is 5.92 Å². The van der Waals surface area contributed by atoms with Crippen LogP contribution in [0.25, 0.3) is 0 Å². The number of hydrogen-bond donors (Lipinski definition) is 0. The third-order valence-electron chi connectivity index (χ3n) is 4.47. The highest BCUT2D eigenvalue weighted by Crippen LogP contribution is 2.61. The molecule has 1 saturated carbocycles. The zero-order chi connectivity index (χ0) is 11.1. The summed E-state index contributed by atoms with van der Waals surface area (Å²) in [5, 5.41) is 0.0436. The van der Waals surface area contributed by atoms with Crippen LogP contribution in [0.5, 0.6) is 0 Å². The van der Waals surface area contributed by atoms with Crippen molar-refractivity contribution >= 4 is 7.85 Å². The van der Waals surface area contributed by atoms with E-state index < -0.39 is 0 Å². The Labute approximate surface area is 91.3 Å². The van der Waals surface area contributed by atoms with Crippen molar-refractivity contribution in [2.75, 3.05) is 0 Å². The van der Waals surface area contributed by atoms with E-state index in [4.69, 9.17) is 7.85 Å². The van der Waals surface area contributed by atoms with Crippen molar-refractivity contribution in [2.24, 2.45) is 23.2 Å². The van der Waals surface area contributed by atoms with Gasteiger partial charge in [0.2, 0.25) is 0 Å². The fraction of sp³-hybridized carbons (Fsp3) is 1.00. The largest absolute Gasteiger partial charge is 0.0757 e. The first-order valence-electron chi connectivity index (χ1n) is 5.97. The maximum Gasteiger partial charge on any atom is 0.0757 e. The van der Waals surface area contributed by atoms with Gasteiger partial charge in [-0.2, -0.15) is 0 Å². The van der Waals surface area contributed by atoms with Gasteiger partial charge in [0.1, 0.15) is 0 Å². The van der Waals surface area contributed by atoms with Gasteiger partial charge in [-0.05, 0) is 29.6 Å². The lowest BCUT2D eigenvalue weighted by atomic mass is 9.50. The van der Waals surface area contributed by atoms with E-state index in [1.54, 1.807) is 0 Å². The highest BCUT2D eigenvalue weighted by Gasteiger charge is 2.48. The van der Waals surface area contributed by atoms with Crippen molar-refractivity contribution in [3.05, 3.63) is 0 Å². The molecule has 0 aromatic heterocycles. The molecule has 0 aromatic carbocycles. The second-order valence-corrected chi connectivity index (χ2v) is 6.64. The molecule has 1 fully saturated rings. The molecule has 3 unspecified atom stereocenters. The van der Waals surface area contributed by atoms with Gasteiger partial charge >= 0.3 is 0 Å². The molecule has 1 aliphatic carbocycles. The van der Waals surface area contributed by atoms with Crippen LogP contribution >= 0.6 is 0 Å². The molecule has 0 nitrogen and oxygen atoms in total. The molecule has 3 atom stereocenters. The summed E-state index contributed by atoms with van der Waals surface area (Å²) in [6, 6.07) is 0. The van der Waals surface area contributed by atoms with Crippen LogP contribution < -0.4 is 0 Å². The van der Waals surface area contributed by atoms with Gasteiger partial charge in [-0.15, -0.1) is 0 Å². The normalized spacial score (nSPS) is 39.4. The first-order valence-corrected chi connectivity index (χ1v) is 5.97. The maximum atomic E-state index is 6.61. The van der Waals surface area contributed by atoms with Gasteiger partial charge in [0, 0.05) is 0 Å². The summed E-state index contributed by atoms with van der Waals surface area (Å²) in [6.45, 7) is 13.8. The summed E-state index contributed by atoms with van der Waals surface area (Å²) in [7, 11) is 6.61. The molecule has 0 heterocycles. The van der Waals surface area contributed by atoms with E-state index >= 15 is 0 Å². The molecule has 0 spiro atoms. The fourth-order valence-corrected chi connectivity index (χ4v) is 2.94. The first-order chi connectivity index (χ1) is 6.18. The van der Waals surface area contributed by atoms with Gasteiger partial charge in [-0.25, -0.2) is 0 Å². The predicted octanol–water partition coefficient (Wildman–Crippen LogP) is 4.06. The van der Waals surface area contributed by atoms with E-state index in [2.05, 4.69) is 41.5 Å². The quantitative estimate of drug-likeness (QED) is 0.549. The second kappa shape index (κ2) is 3.57. The average molecular weight is 192 g/mol. The van der Waals surface area contributed by atoms with Gasteiger partial charge in [-0.1, -0.05) is 53.3 Å². The third-order valence-corrected chi connectivity index (χ3v) is 4.47. The van der Waals surface area contributed by atoms with Gasteiger partial charge in [0.15, 0.2) is 0 Å². The highest BCUT2D eigenvalue weighted by molar-refractivity contribution is 6.16. The molecule has 1 heteroatoms. The van der Waals surface area contributed by atoms with Crippen molar-refractivity contribution < 1.29 is 0 Å². The van der Waals surface area contributed by atoms with Crippen molar-refractivity contribution in [2.45, 2.75) is 59.7 Å². The molecule has 0 amide bonds. The van der Waals surface area contributed by atoms with E-state index in [1.807, 2.05) is 0 Å². The molecule has 14 heavy (non-hydrogen) atoms. The van der Waals surface area contributed by atoms with E-state index in [1.165, 1.54) is 12.8 Å². The molecule has 0 bridgehead atoms. The molecule has 1 aliphatic rings. The Morgan fingerprint density at radius 1 is 1.29 bits per heavy atom. The minimum absolute atomic E-state index is 0.0436. The minimum atomic E-state index is 0.0436. The van der Waals surface area contributed by atoms with Crippen LogP contribution in [0, 0.1) is 23.2 Å². The molecule has 1 rings (SSSR count). The Kier molecular flexibility index (Phi) is 3.10. The smallest absolute Gasteiger partial charge is 0.0627 e. The lowest BCUT2D eigenvalue weighted by molar-refractivity contribution is 0.213. The predicted molar refractivity (Wildman–Crippen MR) is 64.6 cm³/mol. The molecule has 0 saturated heterocycles. The standard InChI is InChI=1S/C13H25B/c1-9(2)11-7-10(3)13(14,8-11)12(4,5)6/h9-11H,7-8H2,1-6H3. The summed E-state index contributed by atoms with van der Waals surface area (Å²) >= 11 is 0. The topological polar surface area (TPSA) is 0 Å². The Balaban J connectivity index is 2.83. The van der Waals surface area contributed by atoms with Crippen LogP contribution in [0.1, 0.15) is 54.4 Å². The Hall–Kier alpha value is 0.0649. The van der Waals surface area contributed by atoms with Gasteiger partial charge in [0.25, 0.3) is 0 Å². The van der Waals surface area contributed by atoms with Crippen LogP contribution in [0.15, 0.2) is 0 Å². The third kappa shape index (κ3) is 1.88. The van der Waals surface area contributed by atoms with Gasteiger partial charge in [0.05, 0.1) is 7.85 Å². The molecule has 0 N–H and O–H groups in total. The van der Waals surface area contributed by atoms with Crippen LogP contribution in [-0.4, -0.2) is 7.85 Å². The Morgan fingerprint density at radius 2 is 1.79 bits per heavy atom. The summed E-state index contributed by atoms with van der Waals surface area (Å²) < 4.78 is 0. The fourth-order valence-electron chi connectivity index (χ4n) is 2.94. The lowest BCUT2D eigenvalue weighted by Crippen LogP contribution is -2.31. The molecule has 2 radical (unpaired) electrons. The van der Waals surface area contributed by atoms with Crippen LogP contribution in [0.4, 0.5) is 0 Å². The zero-order valence-electron chi connectivity index (χ0n) is 10.7.